The average Bonchev–Trinajstić information content (AvgIpc) is 2.76. The maximum absolute atomic E-state index is 2.39. The summed E-state index contributed by atoms with van der Waals surface area (Å²) in [6, 6.07) is 1.05. The maximum atomic E-state index is 2.39. The zero-order chi connectivity index (χ0) is 8.44. The van der Waals surface area contributed by atoms with Crippen LogP contribution in [0.15, 0.2) is 0 Å². The van der Waals surface area contributed by atoms with Crippen LogP contribution in [0, 0.1) is 0 Å². The summed E-state index contributed by atoms with van der Waals surface area (Å²) in [5, 5.41) is 0. The minimum atomic E-state index is 0. The van der Waals surface area contributed by atoms with E-state index in [0.717, 1.165) is 6.04 Å². The molecule has 0 radical (unpaired) electrons. The predicted molar refractivity (Wildman–Crippen MR) is 54.0 cm³/mol. The summed E-state index contributed by atoms with van der Waals surface area (Å²) < 4.78 is 1.49. The summed E-state index contributed by atoms with van der Waals surface area (Å²) in [4.78, 5) is 0. The highest BCUT2D eigenvalue weighted by atomic mass is 16.0. The monoisotopic (exact) mass is 185 g/mol. The molecule has 0 aromatic heterocycles. The molecule has 0 amide bonds. The van der Waals surface area contributed by atoms with Crippen molar-refractivity contribution >= 4 is 0 Å². The van der Waals surface area contributed by atoms with Crippen molar-refractivity contribution in [2.75, 3.05) is 19.6 Å². The van der Waals surface area contributed by atoms with Crippen molar-refractivity contribution in [3.05, 3.63) is 0 Å². The lowest BCUT2D eigenvalue weighted by Gasteiger charge is -2.39. The summed E-state index contributed by atoms with van der Waals surface area (Å²) in [5.41, 5.74) is 0. The van der Waals surface area contributed by atoms with Crippen molar-refractivity contribution in [3.8, 4) is 0 Å². The van der Waals surface area contributed by atoms with Crippen molar-refractivity contribution in [2.45, 2.75) is 51.5 Å². The van der Waals surface area contributed by atoms with Crippen molar-refractivity contribution < 1.29 is 9.96 Å². The average molecular weight is 185 g/mol. The van der Waals surface area contributed by atoms with Crippen LogP contribution in [0.2, 0.25) is 0 Å². The van der Waals surface area contributed by atoms with Gasteiger partial charge in [0.15, 0.2) is 0 Å². The maximum Gasteiger partial charge on any atom is 0.0890 e. The van der Waals surface area contributed by atoms with E-state index in [1.165, 1.54) is 62.6 Å². The molecule has 0 aromatic carbocycles. The SMILES string of the molecule is CC[N+]1(C2CCCC2)CCCC1.[OH-]. The van der Waals surface area contributed by atoms with E-state index in [9.17, 15) is 0 Å². The first kappa shape index (κ1) is 11.0. The highest BCUT2D eigenvalue weighted by molar-refractivity contribution is 4.71. The molecule has 0 unspecified atom stereocenters. The fourth-order valence-corrected chi connectivity index (χ4v) is 3.36. The molecule has 1 N–H and O–H groups in total. The Hall–Kier alpha value is -0.0800. The van der Waals surface area contributed by atoms with Crippen molar-refractivity contribution in [2.24, 2.45) is 0 Å². The third kappa shape index (κ3) is 1.89. The summed E-state index contributed by atoms with van der Waals surface area (Å²) in [6.07, 6.45) is 9.03. The highest BCUT2D eigenvalue weighted by Crippen LogP contribution is 2.33. The lowest BCUT2D eigenvalue weighted by Crippen LogP contribution is -2.51. The molecule has 2 aliphatic rings. The van der Waals surface area contributed by atoms with Crippen LogP contribution in [0.3, 0.4) is 0 Å². The molecule has 2 rings (SSSR count). The number of rotatable bonds is 2. The van der Waals surface area contributed by atoms with Gasteiger partial charge in [0, 0.05) is 12.8 Å². The standard InChI is InChI=1S/C11H22N.H2O/c1-2-12(9-5-6-10-12)11-7-3-4-8-11;/h11H,2-10H2,1H3;1H2/q+1;/p-1. The van der Waals surface area contributed by atoms with E-state index in [1.807, 2.05) is 0 Å². The molecule has 1 heterocycles. The van der Waals surface area contributed by atoms with Crippen molar-refractivity contribution in [1.29, 1.82) is 0 Å². The predicted octanol–water partition coefficient (Wildman–Crippen LogP) is 2.38. The third-order valence-corrected chi connectivity index (χ3v) is 4.19. The molecule has 0 aromatic rings. The molecule has 1 saturated heterocycles. The smallest absolute Gasteiger partial charge is 0.0890 e. The van der Waals surface area contributed by atoms with E-state index in [2.05, 4.69) is 6.92 Å². The highest BCUT2D eigenvalue weighted by Gasteiger charge is 2.39. The summed E-state index contributed by atoms with van der Waals surface area (Å²) in [5.74, 6) is 0. The van der Waals surface area contributed by atoms with Gasteiger partial charge in [0.05, 0.1) is 25.7 Å². The normalized spacial score (nSPS) is 27.5. The molecule has 0 spiro atoms. The van der Waals surface area contributed by atoms with Crippen LogP contribution in [0.5, 0.6) is 0 Å². The van der Waals surface area contributed by atoms with Gasteiger partial charge in [-0.25, -0.2) is 0 Å². The zero-order valence-electron chi connectivity index (χ0n) is 8.84. The molecule has 1 saturated carbocycles. The topological polar surface area (TPSA) is 30.0 Å². The minimum Gasteiger partial charge on any atom is -0.870 e. The first-order valence-electron chi connectivity index (χ1n) is 5.73. The van der Waals surface area contributed by atoms with Crippen molar-refractivity contribution in [3.63, 3.8) is 0 Å². The van der Waals surface area contributed by atoms with Gasteiger partial charge in [0.25, 0.3) is 0 Å². The fraction of sp³-hybridized carbons (Fsp3) is 1.00. The van der Waals surface area contributed by atoms with E-state index < -0.39 is 0 Å². The van der Waals surface area contributed by atoms with Crippen molar-refractivity contribution in [1.82, 2.24) is 0 Å². The quantitative estimate of drug-likeness (QED) is 0.607. The second-order valence-corrected chi connectivity index (χ2v) is 4.63. The number of likely N-dealkylation sites (tertiary alicyclic amines) is 1. The van der Waals surface area contributed by atoms with Gasteiger partial charge in [-0.2, -0.15) is 0 Å². The molecule has 2 nitrogen and oxygen atoms in total. The molecular weight excluding hydrogens is 162 g/mol. The molecule has 1 aliphatic carbocycles. The molecule has 2 fully saturated rings. The number of nitrogens with zero attached hydrogens (tertiary/aromatic N) is 1. The van der Waals surface area contributed by atoms with Crippen LogP contribution >= 0.6 is 0 Å². The molecule has 1 aliphatic heterocycles. The summed E-state index contributed by atoms with van der Waals surface area (Å²) in [7, 11) is 0. The summed E-state index contributed by atoms with van der Waals surface area (Å²) >= 11 is 0. The molecule has 78 valence electrons. The Morgan fingerprint density at radius 1 is 1.00 bits per heavy atom. The Bertz CT molecular complexity index is 146. The van der Waals surface area contributed by atoms with Crippen LogP contribution in [0.4, 0.5) is 0 Å². The minimum absolute atomic E-state index is 0. The second-order valence-electron chi connectivity index (χ2n) is 4.63. The van der Waals surface area contributed by atoms with E-state index in [0.29, 0.717) is 0 Å². The van der Waals surface area contributed by atoms with E-state index in [4.69, 9.17) is 0 Å². The van der Waals surface area contributed by atoms with Gasteiger partial charge in [0.2, 0.25) is 0 Å². The molecule has 13 heavy (non-hydrogen) atoms. The third-order valence-electron chi connectivity index (χ3n) is 4.19. The van der Waals surface area contributed by atoms with Gasteiger partial charge < -0.3 is 9.96 Å². The number of hydrogen-bond acceptors (Lipinski definition) is 1. The second kappa shape index (κ2) is 4.43. The van der Waals surface area contributed by atoms with Gasteiger partial charge in [0.1, 0.15) is 0 Å². The van der Waals surface area contributed by atoms with Crippen LogP contribution in [0.25, 0.3) is 0 Å². The molecule has 0 bridgehead atoms. The van der Waals surface area contributed by atoms with Crippen LogP contribution in [-0.2, 0) is 0 Å². The van der Waals surface area contributed by atoms with Gasteiger partial charge in [-0.05, 0) is 32.6 Å². The Balaban J connectivity index is 0.000000845. The van der Waals surface area contributed by atoms with E-state index in [1.54, 1.807) is 0 Å². The van der Waals surface area contributed by atoms with Gasteiger partial charge >= 0.3 is 0 Å². The largest absolute Gasteiger partial charge is 0.870 e. The van der Waals surface area contributed by atoms with Gasteiger partial charge in [-0.15, -0.1) is 0 Å². The van der Waals surface area contributed by atoms with E-state index in [-0.39, 0.29) is 5.48 Å². The van der Waals surface area contributed by atoms with Crippen LogP contribution in [0.1, 0.15) is 45.4 Å². The summed E-state index contributed by atoms with van der Waals surface area (Å²) in [6.45, 7) is 6.76. The molecular formula is C11H23NO. The van der Waals surface area contributed by atoms with Crippen LogP contribution in [-0.4, -0.2) is 35.6 Å². The Labute approximate surface area is 81.8 Å². The first-order valence-corrected chi connectivity index (χ1v) is 5.73. The van der Waals surface area contributed by atoms with Gasteiger partial charge in [-0.3, -0.25) is 0 Å². The van der Waals surface area contributed by atoms with E-state index >= 15 is 0 Å². The van der Waals surface area contributed by atoms with Crippen LogP contribution < -0.4 is 0 Å². The van der Waals surface area contributed by atoms with Gasteiger partial charge in [-0.1, -0.05) is 0 Å². The first-order chi connectivity index (χ1) is 5.87. The lowest BCUT2D eigenvalue weighted by atomic mass is 10.1. The Morgan fingerprint density at radius 3 is 2.00 bits per heavy atom. The number of quaternary nitrogens is 1. The Morgan fingerprint density at radius 2 is 1.54 bits per heavy atom. The fourth-order valence-electron chi connectivity index (χ4n) is 3.36. The lowest BCUT2D eigenvalue weighted by molar-refractivity contribution is -0.938. The molecule has 2 heteroatoms. The zero-order valence-corrected chi connectivity index (χ0v) is 8.84. The number of hydrogen-bond donors (Lipinski definition) is 0. The Kier molecular flexibility index (Phi) is 3.74. The molecule has 0 atom stereocenters.